The second kappa shape index (κ2) is 5.87. The van der Waals surface area contributed by atoms with Crippen LogP contribution in [-0.4, -0.2) is 18.2 Å². The van der Waals surface area contributed by atoms with Crippen molar-refractivity contribution in [2.24, 2.45) is 0 Å². The number of aliphatic carboxylic acids is 1. The van der Waals surface area contributed by atoms with Crippen molar-refractivity contribution in [3.8, 4) is 16.9 Å². The summed E-state index contributed by atoms with van der Waals surface area (Å²) in [4.78, 5) is 10.4. The van der Waals surface area contributed by atoms with Gasteiger partial charge >= 0.3 is 5.97 Å². The summed E-state index contributed by atoms with van der Waals surface area (Å²) in [7, 11) is 1.64. The molecular formula is C16H14O3. The molecule has 0 aromatic heterocycles. The Hall–Kier alpha value is -2.55. The average Bonchev–Trinajstić information content (AvgIpc) is 2.45. The van der Waals surface area contributed by atoms with Crippen LogP contribution in [0.15, 0.2) is 54.6 Å². The third kappa shape index (κ3) is 3.45. The van der Waals surface area contributed by atoms with Crippen LogP contribution in [0.3, 0.4) is 0 Å². The van der Waals surface area contributed by atoms with Gasteiger partial charge in [0.05, 0.1) is 7.11 Å². The second-order valence-corrected chi connectivity index (χ2v) is 4.03. The third-order valence-electron chi connectivity index (χ3n) is 2.73. The molecular weight excluding hydrogens is 240 g/mol. The fraction of sp³-hybridized carbons (Fsp3) is 0.0625. The lowest BCUT2D eigenvalue weighted by Gasteiger charge is -2.05. The van der Waals surface area contributed by atoms with Crippen LogP contribution in [0.5, 0.6) is 5.75 Å². The lowest BCUT2D eigenvalue weighted by atomic mass is 10.0. The molecule has 2 rings (SSSR count). The third-order valence-corrected chi connectivity index (χ3v) is 2.73. The molecule has 3 nitrogen and oxygen atoms in total. The van der Waals surface area contributed by atoms with E-state index in [0.717, 1.165) is 28.5 Å². The van der Waals surface area contributed by atoms with Gasteiger partial charge in [0.2, 0.25) is 0 Å². The Labute approximate surface area is 111 Å². The summed E-state index contributed by atoms with van der Waals surface area (Å²) in [5.41, 5.74) is 2.98. The van der Waals surface area contributed by atoms with Gasteiger partial charge < -0.3 is 9.84 Å². The van der Waals surface area contributed by atoms with Crippen LogP contribution >= 0.6 is 0 Å². The Balaban J connectivity index is 2.24. The van der Waals surface area contributed by atoms with Gasteiger partial charge in [-0.3, -0.25) is 0 Å². The molecule has 0 fully saturated rings. The van der Waals surface area contributed by atoms with Crippen molar-refractivity contribution in [1.29, 1.82) is 0 Å². The van der Waals surface area contributed by atoms with E-state index in [-0.39, 0.29) is 0 Å². The number of hydrogen-bond donors (Lipinski definition) is 1. The second-order valence-electron chi connectivity index (χ2n) is 4.03. The number of rotatable bonds is 4. The predicted octanol–water partition coefficient (Wildman–Crippen LogP) is 3.46. The summed E-state index contributed by atoms with van der Waals surface area (Å²) < 4.78 is 5.19. The average molecular weight is 254 g/mol. The quantitative estimate of drug-likeness (QED) is 0.850. The summed E-state index contributed by atoms with van der Waals surface area (Å²) >= 11 is 0. The molecule has 0 radical (unpaired) electrons. The predicted molar refractivity (Wildman–Crippen MR) is 75.1 cm³/mol. The van der Waals surface area contributed by atoms with Crippen molar-refractivity contribution < 1.29 is 14.6 Å². The molecule has 0 saturated heterocycles. The van der Waals surface area contributed by atoms with Crippen molar-refractivity contribution in [1.82, 2.24) is 0 Å². The van der Waals surface area contributed by atoms with Gasteiger partial charge in [0.15, 0.2) is 0 Å². The molecule has 0 heterocycles. The maximum absolute atomic E-state index is 10.4. The van der Waals surface area contributed by atoms with E-state index in [1.54, 1.807) is 13.2 Å². The molecule has 3 heteroatoms. The number of hydrogen-bond acceptors (Lipinski definition) is 2. The SMILES string of the molecule is COc1cccc(-c2ccc(/C=C/C(=O)O)cc2)c1. The summed E-state index contributed by atoms with van der Waals surface area (Å²) in [5, 5.41) is 8.56. The molecule has 0 aliphatic heterocycles. The van der Waals surface area contributed by atoms with Crippen molar-refractivity contribution >= 4 is 12.0 Å². The molecule has 19 heavy (non-hydrogen) atoms. The van der Waals surface area contributed by atoms with Crippen LogP contribution in [0.1, 0.15) is 5.56 Å². The van der Waals surface area contributed by atoms with E-state index in [9.17, 15) is 4.79 Å². The fourth-order valence-electron chi connectivity index (χ4n) is 1.76. The first-order chi connectivity index (χ1) is 9.19. The van der Waals surface area contributed by atoms with E-state index in [1.807, 2.05) is 48.5 Å². The molecule has 0 bridgehead atoms. The van der Waals surface area contributed by atoms with E-state index in [0.29, 0.717) is 0 Å². The zero-order valence-corrected chi connectivity index (χ0v) is 10.5. The monoisotopic (exact) mass is 254 g/mol. The zero-order valence-electron chi connectivity index (χ0n) is 10.5. The summed E-state index contributed by atoms with van der Waals surface area (Å²) in [6, 6.07) is 15.5. The first-order valence-corrected chi connectivity index (χ1v) is 5.84. The highest BCUT2D eigenvalue weighted by atomic mass is 16.5. The number of methoxy groups -OCH3 is 1. The highest BCUT2D eigenvalue weighted by molar-refractivity contribution is 5.85. The van der Waals surface area contributed by atoms with Crippen molar-refractivity contribution in [3.63, 3.8) is 0 Å². The summed E-state index contributed by atoms with van der Waals surface area (Å²) in [6.07, 6.45) is 2.69. The molecule has 0 aliphatic rings. The van der Waals surface area contributed by atoms with Crippen LogP contribution in [0.4, 0.5) is 0 Å². The lowest BCUT2D eigenvalue weighted by molar-refractivity contribution is -0.131. The van der Waals surface area contributed by atoms with Gasteiger partial charge in [-0.05, 0) is 34.9 Å². The van der Waals surface area contributed by atoms with Gasteiger partial charge in [0.1, 0.15) is 5.75 Å². The molecule has 0 amide bonds. The Kier molecular flexibility index (Phi) is 3.98. The maximum Gasteiger partial charge on any atom is 0.328 e. The van der Waals surface area contributed by atoms with E-state index >= 15 is 0 Å². The Morgan fingerprint density at radius 2 is 1.84 bits per heavy atom. The molecule has 1 N–H and O–H groups in total. The van der Waals surface area contributed by atoms with Crippen LogP contribution in [0.25, 0.3) is 17.2 Å². The van der Waals surface area contributed by atoms with Gasteiger partial charge in [0.25, 0.3) is 0 Å². The van der Waals surface area contributed by atoms with Gasteiger partial charge in [0, 0.05) is 6.08 Å². The lowest BCUT2D eigenvalue weighted by Crippen LogP contribution is -1.86. The summed E-state index contributed by atoms with van der Waals surface area (Å²) in [5.74, 6) is -0.135. The molecule has 96 valence electrons. The molecule has 0 spiro atoms. The number of benzene rings is 2. The van der Waals surface area contributed by atoms with Crippen molar-refractivity contribution in [3.05, 3.63) is 60.2 Å². The van der Waals surface area contributed by atoms with E-state index < -0.39 is 5.97 Å². The van der Waals surface area contributed by atoms with Crippen LogP contribution in [-0.2, 0) is 4.79 Å². The molecule has 0 saturated carbocycles. The Bertz CT molecular complexity index is 598. The van der Waals surface area contributed by atoms with E-state index in [1.165, 1.54) is 0 Å². The number of carbonyl (C=O) groups is 1. The Morgan fingerprint density at radius 3 is 2.47 bits per heavy atom. The number of ether oxygens (including phenoxy) is 1. The first kappa shape index (κ1) is 12.9. The largest absolute Gasteiger partial charge is 0.497 e. The molecule has 0 atom stereocenters. The maximum atomic E-state index is 10.4. The normalized spacial score (nSPS) is 10.6. The molecule has 2 aromatic rings. The van der Waals surface area contributed by atoms with Crippen molar-refractivity contribution in [2.45, 2.75) is 0 Å². The molecule has 0 aliphatic carbocycles. The smallest absolute Gasteiger partial charge is 0.328 e. The number of carboxylic acids is 1. The van der Waals surface area contributed by atoms with Crippen molar-refractivity contribution in [2.75, 3.05) is 7.11 Å². The van der Waals surface area contributed by atoms with Crippen LogP contribution < -0.4 is 4.74 Å². The fourth-order valence-corrected chi connectivity index (χ4v) is 1.76. The van der Waals surface area contributed by atoms with E-state index in [4.69, 9.17) is 9.84 Å². The van der Waals surface area contributed by atoms with Gasteiger partial charge in [-0.1, -0.05) is 36.4 Å². The van der Waals surface area contributed by atoms with E-state index in [2.05, 4.69) is 0 Å². The topological polar surface area (TPSA) is 46.5 Å². The van der Waals surface area contributed by atoms with Crippen LogP contribution in [0, 0.1) is 0 Å². The van der Waals surface area contributed by atoms with Gasteiger partial charge in [-0.15, -0.1) is 0 Å². The minimum absolute atomic E-state index is 0.812. The van der Waals surface area contributed by atoms with Gasteiger partial charge in [-0.2, -0.15) is 0 Å². The highest BCUT2D eigenvalue weighted by Gasteiger charge is 1.99. The minimum Gasteiger partial charge on any atom is -0.497 e. The standard InChI is InChI=1S/C16H14O3/c1-19-15-4-2-3-14(11-15)13-8-5-12(6-9-13)7-10-16(17)18/h2-11H,1H3,(H,17,18)/b10-7+. The highest BCUT2D eigenvalue weighted by Crippen LogP contribution is 2.24. The molecule has 2 aromatic carbocycles. The first-order valence-electron chi connectivity index (χ1n) is 5.84. The number of carboxylic acid groups (broad SMARTS) is 1. The van der Waals surface area contributed by atoms with Gasteiger partial charge in [-0.25, -0.2) is 4.79 Å². The van der Waals surface area contributed by atoms with Crippen LogP contribution in [0.2, 0.25) is 0 Å². The Morgan fingerprint density at radius 1 is 1.11 bits per heavy atom. The summed E-state index contributed by atoms with van der Waals surface area (Å²) in [6.45, 7) is 0. The zero-order chi connectivity index (χ0) is 13.7. The molecule has 0 unspecified atom stereocenters. The minimum atomic E-state index is -0.947.